The summed E-state index contributed by atoms with van der Waals surface area (Å²) in [6, 6.07) is 9.46. The number of anilines is 2. The van der Waals surface area contributed by atoms with Crippen molar-refractivity contribution in [3.8, 4) is 0 Å². The summed E-state index contributed by atoms with van der Waals surface area (Å²) in [6.45, 7) is 0. The monoisotopic (exact) mass is 368 g/mol. The predicted octanol–water partition coefficient (Wildman–Crippen LogP) is 4.48. The van der Waals surface area contributed by atoms with E-state index < -0.39 is 5.82 Å². The molecular formula is C15H11BrClFN2O. The SMILES string of the molecule is Nc1cccc(/C=C/C(=O)Nc2c(Cl)cc(F)cc2Br)c1. The van der Waals surface area contributed by atoms with E-state index in [1.807, 2.05) is 6.07 Å². The van der Waals surface area contributed by atoms with Crippen molar-refractivity contribution in [1.82, 2.24) is 0 Å². The summed E-state index contributed by atoms with van der Waals surface area (Å²) in [7, 11) is 0. The predicted molar refractivity (Wildman–Crippen MR) is 87.6 cm³/mol. The number of nitrogens with two attached hydrogens (primary N) is 1. The van der Waals surface area contributed by atoms with Gasteiger partial charge < -0.3 is 11.1 Å². The molecule has 0 bridgehead atoms. The number of carbonyl (C=O) groups excluding carboxylic acids is 1. The lowest BCUT2D eigenvalue weighted by molar-refractivity contribution is -0.111. The maximum atomic E-state index is 13.1. The number of carbonyl (C=O) groups is 1. The van der Waals surface area contributed by atoms with Gasteiger partial charge in [-0.25, -0.2) is 4.39 Å². The summed E-state index contributed by atoms with van der Waals surface area (Å²) in [5.74, 6) is -0.869. The molecule has 3 N–H and O–H groups in total. The van der Waals surface area contributed by atoms with E-state index in [-0.39, 0.29) is 10.9 Å². The highest BCUT2D eigenvalue weighted by atomic mass is 79.9. The van der Waals surface area contributed by atoms with E-state index >= 15 is 0 Å². The molecule has 0 atom stereocenters. The van der Waals surface area contributed by atoms with Gasteiger partial charge in [0.15, 0.2) is 0 Å². The smallest absolute Gasteiger partial charge is 0.248 e. The number of halogens is 3. The molecule has 0 spiro atoms. The van der Waals surface area contributed by atoms with Crippen molar-refractivity contribution in [3.05, 3.63) is 63.4 Å². The zero-order chi connectivity index (χ0) is 15.4. The Hall–Kier alpha value is -1.85. The van der Waals surface area contributed by atoms with Crippen molar-refractivity contribution in [2.24, 2.45) is 0 Å². The highest BCUT2D eigenvalue weighted by Gasteiger charge is 2.09. The second kappa shape index (κ2) is 6.74. The van der Waals surface area contributed by atoms with E-state index in [0.717, 1.165) is 11.6 Å². The van der Waals surface area contributed by atoms with Crippen LogP contribution in [-0.2, 0) is 4.79 Å². The lowest BCUT2D eigenvalue weighted by atomic mass is 10.2. The Morgan fingerprint density at radius 2 is 2.10 bits per heavy atom. The molecule has 0 saturated carbocycles. The Labute approximate surface area is 134 Å². The minimum absolute atomic E-state index is 0.118. The zero-order valence-corrected chi connectivity index (χ0v) is 13.1. The molecule has 0 radical (unpaired) electrons. The number of rotatable bonds is 3. The Kier molecular flexibility index (Phi) is 4.98. The van der Waals surface area contributed by atoms with Crippen LogP contribution in [0.3, 0.4) is 0 Å². The number of hydrogen-bond acceptors (Lipinski definition) is 2. The summed E-state index contributed by atoms with van der Waals surface area (Å²) < 4.78 is 13.5. The molecule has 0 heterocycles. The van der Waals surface area contributed by atoms with Crippen LogP contribution in [0, 0.1) is 5.82 Å². The molecular weight excluding hydrogens is 359 g/mol. The summed E-state index contributed by atoms with van der Waals surface area (Å²) in [5, 5.41) is 2.71. The van der Waals surface area contributed by atoms with Gasteiger partial charge in [0.1, 0.15) is 5.82 Å². The molecule has 0 saturated heterocycles. The van der Waals surface area contributed by atoms with Crippen molar-refractivity contribution in [1.29, 1.82) is 0 Å². The molecule has 6 heteroatoms. The second-order valence-corrected chi connectivity index (χ2v) is 5.50. The van der Waals surface area contributed by atoms with Crippen molar-refractivity contribution < 1.29 is 9.18 Å². The van der Waals surface area contributed by atoms with E-state index in [9.17, 15) is 9.18 Å². The fourth-order valence-electron chi connectivity index (χ4n) is 1.66. The van der Waals surface area contributed by atoms with Gasteiger partial charge in [-0.15, -0.1) is 0 Å². The van der Waals surface area contributed by atoms with Gasteiger partial charge >= 0.3 is 0 Å². The highest BCUT2D eigenvalue weighted by molar-refractivity contribution is 9.10. The molecule has 0 aliphatic carbocycles. The molecule has 2 aromatic rings. The largest absolute Gasteiger partial charge is 0.399 e. The number of amides is 1. The van der Waals surface area contributed by atoms with Gasteiger partial charge in [-0.05, 0) is 51.8 Å². The van der Waals surface area contributed by atoms with E-state index in [1.165, 1.54) is 12.1 Å². The van der Waals surface area contributed by atoms with Crippen molar-refractivity contribution in [3.63, 3.8) is 0 Å². The Balaban J connectivity index is 2.12. The average Bonchev–Trinajstić information content (AvgIpc) is 2.40. The minimum atomic E-state index is -0.486. The third-order valence-electron chi connectivity index (χ3n) is 2.59. The van der Waals surface area contributed by atoms with Gasteiger partial charge in [0.2, 0.25) is 5.91 Å². The molecule has 2 aromatic carbocycles. The fourth-order valence-corrected chi connectivity index (χ4v) is 2.56. The van der Waals surface area contributed by atoms with E-state index in [1.54, 1.807) is 24.3 Å². The Morgan fingerprint density at radius 3 is 2.76 bits per heavy atom. The Bertz CT molecular complexity index is 696. The maximum absolute atomic E-state index is 13.1. The minimum Gasteiger partial charge on any atom is -0.399 e. The first-order chi connectivity index (χ1) is 9.95. The molecule has 0 aromatic heterocycles. The number of benzene rings is 2. The van der Waals surface area contributed by atoms with Crippen LogP contribution in [0.4, 0.5) is 15.8 Å². The van der Waals surface area contributed by atoms with E-state index in [2.05, 4.69) is 21.2 Å². The van der Waals surface area contributed by atoms with Crippen molar-refractivity contribution in [2.75, 3.05) is 11.1 Å². The van der Waals surface area contributed by atoms with Crippen LogP contribution in [0.5, 0.6) is 0 Å². The number of nitrogen functional groups attached to an aromatic ring is 1. The summed E-state index contributed by atoms with van der Waals surface area (Å²) in [6.07, 6.45) is 2.97. The summed E-state index contributed by atoms with van der Waals surface area (Å²) in [5.41, 5.74) is 7.38. The van der Waals surface area contributed by atoms with Crippen LogP contribution in [0.25, 0.3) is 6.08 Å². The molecule has 0 unspecified atom stereocenters. The molecule has 2 rings (SSSR count). The van der Waals surface area contributed by atoms with Crippen molar-refractivity contribution >= 4 is 50.9 Å². The molecule has 0 aliphatic rings. The summed E-state index contributed by atoms with van der Waals surface area (Å²) >= 11 is 9.04. The lowest BCUT2D eigenvalue weighted by Crippen LogP contribution is -2.09. The first-order valence-electron chi connectivity index (χ1n) is 5.95. The number of nitrogens with one attached hydrogen (secondary N) is 1. The highest BCUT2D eigenvalue weighted by Crippen LogP contribution is 2.31. The Morgan fingerprint density at radius 1 is 1.33 bits per heavy atom. The van der Waals surface area contributed by atoms with Crippen molar-refractivity contribution in [2.45, 2.75) is 0 Å². The van der Waals surface area contributed by atoms with Gasteiger partial charge in [-0.1, -0.05) is 23.7 Å². The van der Waals surface area contributed by atoms with Gasteiger partial charge in [-0.2, -0.15) is 0 Å². The number of hydrogen-bond donors (Lipinski definition) is 2. The van der Waals surface area contributed by atoms with Gasteiger partial charge in [0, 0.05) is 16.2 Å². The maximum Gasteiger partial charge on any atom is 0.248 e. The van der Waals surface area contributed by atoms with E-state index in [0.29, 0.717) is 15.8 Å². The molecule has 21 heavy (non-hydrogen) atoms. The van der Waals surface area contributed by atoms with E-state index in [4.69, 9.17) is 17.3 Å². The summed E-state index contributed by atoms with van der Waals surface area (Å²) in [4.78, 5) is 11.9. The standard InChI is InChI=1S/C15H11BrClFN2O/c16-12-7-10(18)8-13(17)15(12)20-14(21)5-4-9-2-1-3-11(19)6-9/h1-8H,19H2,(H,20,21)/b5-4+. The molecule has 3 nitrogen and oxygen atoms in total. The van der Waals surface area contributed by atoms with Crippen LogP contribution in [0.2, 0.25) is 5.02 Å². The second-order valence-electron chi connectivity index (χ2n) is 4.24. The molecule has 108 valence electrons. The van der Waals surface area contributed by atoms with Crippen LogP contribution in [0.1, 0.15) is 5.56 Å². The first kappa shape index (κ1) is 15.5. The van der Waals surface area contributed by atoms with Crippen LogP contribution in [0.15, 0.2) is 46.9 Å². The van der Waals surface area contributed by atoms with Crippen LogP contribution < -0.4 is 11.1 Å². The first-order valence-corrected chi connectivity index (χ1v) is 7.12. The normalized spacial score (nSPS) is 10.8. The quantitative estimate of drug-likeness (QED) is 0.619. The third kappa shape index (κ3) is 4.31. The van der Waals surface area contributed by atoms with Gasteiger partial charge in [0.05, 0.1) is 10.7 Å². The average molecular weight is 370 g/mol. The van der Waals surface area contributed by atoms with Crippen LogP contribution >= 0.6 is 27.5 Å². The lowest BCUT2D eigenvalue weighted by Gasteiger charge is -2.07. The van der Waals surface area contributed by atoms with Gasteiger partial charge in [0.25, 0.3) is 0 Å². The molecule has 1 amide bonds. The van der Waals surface area contributed by atoms with Crippen LogP contribution in [-0.4, -0.2) is 5.91 Å². The third-order valence-corrected chi connectivity index (χ3v) is 3.52. The molecule has 0 aliphatic heterocycles. The topological polar surface area (TPSA) is 55.1 Å². The fraction of sp³-hybridized carbons (Fsp3) is 0. The van der Waals surface area contributed by atoms with Gasteiger partial charge in [-0.3, -0.25) is 4.79 Å². The molecule has 0 fully saturated rings. The zero-order valence-electron chi connectivity index (χ0n) is 10.7.